The van der Waals surface area contributed by atoms with E-state index in [2.05, 4.69) is 0 Å². The van der Waals surface area contributed by atoms with Crippen LogP contribution in [0.5, 0.6) is 0 Å². The normalized spacial score (nSPS) is 21.5. The zero-order chi connectivity index (χ0) is 14.0. The molecule has 0 saturated carbocycles. The average Bonchev–Trinajstić information content (AvgIpc) is 2.41. The van der Waals surface area contributed by atoms with Gasteiger partial charge in [0.1, 0.15) is 4.90 Å². The summed E-state index contributed by atoms with van der Waals surface area (Å²) in [5, 5.41) is 0.551. The molecule has 1 aliphatic heterocycles. The lowest BCUT2D eigenvalue weighted by atomic mass is 10.0. The van der Waals surface area contributed by atoms with Gasteiger partial charge in [0.25, 0.3) is 0 Å². The van der Waals surface area contributed by atoms with Crippen LogP contribution in [0.3, 0.4) is 0 Å². The molecule has 2 N–H and O–H groups in total. The van der Waals surface area contributed by atoms with Crippen LogP contribution in [-0.2, 0) is 10.0 Å². The first-order chi connectivity index (χ1) is 8.95. The summed E-state index contributed by atoms with van der Waals surface area (Å²) in [4.78, 5) is 0.0688. The number of benzene rings is 1. The van der Waals surface area contributed by atoms with Gasteiger partial charge >= 0.3 is 0 Å². The molecular formula is C12H16Cl2N2O2S. The minimum absolute atomic E-state index is 0.0688. The molecule has 19 heavy (non-hydrogen) atoms. The van der Waals surface area contributed by atoms with Crippen LogP contribution in [0.4, 0.5) is 0 Å². The van der Waals surface area contributed by atoms with Gasteiger partial charge < -0.3 is 5.73 Å². The van der Waals surface area contributed by atoms with Crippen LogP contribution in [0, 0.1) is 5.92 Å². The van der Waals surface area contributed by atoms with Gasteiger partial charge in [0.05, 0.1) is 5.02 Å². The number of nitrogens with zero attached hydrogens (tertiary/aromatic N) is 1. The van der Waals surface area contributed by atoms with E-state index in [4.69, 9.17) is 28.9 Å². The molecule has 0 bridgehead atoms. The quantitative estimate of drug-likeness (QED) is 0.929. The van der Waals surface area contributed by atoms with Crippen molar-refractivity contribution in [1.29, 1.82) is 0 Å². The van der Waals surface area contributed by atoms with Crippen molar-refractivity contribution in [2.75, 3.05) is 19.6 Å². The molecule has 1 aliphatic rings. The molecule has 0 spiro atoms. The molecule has 1 fully saturated rings. The third-order valence-electron chi connectivity index (χ3n) is 3.33. The van der Waals surface area contributed by atoms with Crippen LogP contribution in [0.25, 0.3) is 0 Å². The Balaban J connectivity index is 2.34. The van der Waals surface area contributed by atoms with Crippen LogP contribution in [0.1, 0.15) is 12.8 Å². The number of nitrogens with two attached hydrogens (primary N) is 1. The van der Waals surface area contributed by atoms with Crippen molar-refractivity contribution in [1.82, 2.24) is 4.31 Å². The summed E-state index contributed by atoms with van der Waals surface area (Å²) in [6.45, 7) is 1.44. The molecule has 1 unspecified atom stereocenters. The van der Waals surface area contributed by atoms with Gasteiger partial charge in [-0.05, 0) is 43.5 Å². The Morgan fingerprint density at radius 1 is 1.37 bits per heavy atom. The van der Waals surface area contributed by atoms with Crippen molar-refractivity contribution in [2.24, 2.45) is 11.7 Å². The summed E-state index contributed by atoms with van der Waals surface area (Å²) in [6.07, 6.45) is 1.78. The van der Waals surface area contributed by atoms with Crippen LogP contribution < -0.4 is 5.73 Å². The Morgan fingerprint density at radius 3 is 2.79 bits per heavy atom. The Kier molecular flexibility index (Phi) is 4.74. The molecule has 0 aliphatic carbocycles. The molecule has 0 aromatic heterocycles. The Morgan fingerprint density at radius 2 is 2.11 bits per heavy atom. The summed E-state index contributed by atoms with van der Waals surface area (Å²) in [5.41, 5.74) is 5.63. The molecule has 0 amide bonds. The maximum Gasteiger partial charge on any atom is 0.244 e. The number of hydrogen-bond donors (Lipinski definition) is 1. The zero-order valence-electron chi connectivity index (χ0n) is 10.4. The fourth-order valence-electron chi connectivity index (χ4n) is 2.25. The van der Waals surface area contributed by atoms with Crippen molar-refractivity contribution >= 4 is 33.2 Å². The van der Waals surface area contributed by atoms with Crippen molar-refractivity contribution < 1.29 is 8.42 Å². The number of halogens is 2. The second-order valence-electron chi connectivity index (χ2n) is 4.68. The number of rotatable bonds is 3. The third-order valence-corrected chi connectivity index (χ3v) is 5.91. The first-order valence-electron chi connectivity index (χ1n) is 6.10. The van der Waals surface area contributed by atoms with Gasteiger partial charge in [-0.1, -0.05) is 23.2 Å². The van der Waals surface area contributed by atoms with Crippen molar-refractivity contribution in [3.63, 3.8) is 0 Å². The van der Waals surface area contributed by atoms with Crippen molar-refractivity contribution in [3.8, 4) is 0 Å². The van der Waals surface area contributed by atoms with E-state index in [9.17, 15) is 8.42 Å². The van der Waals surface area contributed by atoms with Gasteiger partial charge in [-0.25, -0.2) is 8.42 Å². The summed E-state index contributed by atoms with van der Waals surface area (Å²) in [5.74, 6) is 0.210. The lowest BCUT2D eigenvalue weighted by Crippen LogP contribution is -2.42. The molecule has 7 heteroatoms. The number of sulfonamides is 1. The van der Waals surface area contributed by atoms with E-state index in [0.717, 1.165) is 12.8 Å². The van der Waals surface area contributed by atoms with E-state index < -0.39 is 10.0 Å². The molecule has 1 heterocycles. The van der Waals surface area contributed by atoms with Crippen molar-refractivity contribution in [3.05, 3.63) is 28.2 Å². The van der Waals surface area contributed by atoms with Gasteiger partial charge in [0, 0.05) is 18.1 Å². The summed E-state index contributed by atoms with van der Waals surface area (Å²) >= 11 is 11.8. The van der Waals surface area contributed by atoms with E-state index in [1.807, 2.05) is 0 Å². The van der Waals surface area contributed by atoms with E-state index >= 15 is 0 Å². The molecular weight excluding hydrogens is 307 g/mol. The minimum Gasteiger partial charge on any atom is -0.330 e. The SMILES string of the molecule is NCC1CCCN(S(=O)(=O)c2cc(Cl)ccc2Cl)C1. The Bertz CT molecular complexity index is 563. The van der Waals surface area contributed by atoms with Gasteiger partial charge in [0.15, 0.2) is 0 Å². The Hall–Kier alpha value is -0.330. The highest BCUT2D eigenvalue weighted by atomic mass is 35.5. The van der Waals surface area contributed by atoms with Gasteiger partial charge in [-0.3, -0.25) is 0 Å². The zero-order valence-corrected chi connectivity index (χ0v) is 12.7. The molecule has 106 valence electrons. The lowest BCUT2D eigenvalue weighted by molar-refractivity contribution is 0.271. The number of hydrogen-bond acceptors (Lipinski definition) is 3. The fourth-order valence-corrected chi connectivity index (χ4v) is 4.54. The monoisotopic (exact) mass is 322 g/mol. The second-order valence-corrected chi connectivity index (χ2v) is 7.43. The molecule has 2 rings (SSSR count). The maximum atomic E-state index is 12.6. The van der Waals surface area contributed by atoms with Gasteiger partial charge in [-0.2, -0.15) is 4.31 Å². The van der Waals surface area contributed by atoms with Gasteiger partial charge in [-0.15, -0.1) is 0 Å². The van der Waals surface area contributed by atoms with E-state index in [1.54, 1.807) is 6.07 Å². The molecule has 4 nitrogen and oxygen atoms in total. The minimum atomic E-state index is -3.60. The third kappa shape index (κ3) is 3.23. The first kappa shape index (κ1) is 15.1. The summed E-state index contributed by atoms with van der Waals surface area (Å²) < 4.78 is 26.6. The second kappa shape index (κ2) is 5.97. The standard InChI is InChI=1S/C12H16Cl2N2O2S/c13-10-3-4-11(14)12(6-10)19(17,18)16-5-1-2-9(7-15)8-16/h3-4,6,9H,1-2,5,7-8,15H2. The number of piperidine rings is 1. The highest BCUT2D eigenvalue weighted by molar-refractivity contribution is 7.89. The Labute approximate surface area is 123 Å². The molecule has 0 radical (unpaired) electrons. The smallest absolute Gasteiger partial charge is 0.244 e. The van der Waals surface area contributed by atoms with E-state index in [0.29, 0.717) is 24.7 Å². The predicted octanol–water partition coefficient (Wildman–Crippen LogP) is 2.35. The fraction of sp³-hybridized carbons (Fsp3) is 0.500. The van der Waals surface area contributed by atoms with Crippen LogP contribution >= 0.6 is 23.2 Å². The molecule has 1 aromatic carbocycles. The highest BCUT2D eigenvalue weighted by Crippen LogP contribution is 2.30. The molecule has 1 saturated heterocycles. The van der Waals surface area contributed by atoms with Crippen LogP contribution in [0.15, 0.2) is 23.1 Å². The largest absolute Gasteiger partial charge is 0.330 e. The first-order valence-corrected chi connectivity index (χ1v) is 8.30. The molecule has 1 aromatic rings. The highest BCUT2D eigenvalue weighted by Gasteiger charge is 2.31. The predicted molar refractivity (Wildman–Crippen MR) is 77.0 cm³/mol. The lowest BCUT2D eigenvalue weighted by Gasteiger charge is -2.31. The van der Waals surface area contributed by atoms with Crippen molar-refractivity contribution in [2.45, 2.75) is 17.7 Å². The topological polar surface area (TPSA) is 63.4 Å². The average molecular weight is 323 g/mol. The van der Waals surface area contributed by atoms with E-state index in [1.165, 1.54) is 16.4 Å². The maximum absolute atomic E-state index is 12.6. The van der Waals surface area contributed by atoms with Crippen LogP contribution in [0.2, 0.25) is 10.0 Å². The van der Waals surface area contributed by atoms with E-state index in [-0.39, 0.29) is 15.8 Å². The summed E-state index contributed by atoms with van der Waals surface area (Å²) in [7, 11) is -3.60. The van der Waals surface area contributed by atoms with Gasteiger partial charge in [0.2, 0.25) is 10.0 Å². The summed E-state index contributed by atoms with van der Waals surface area (Å²) in [6, 6.07) is 4.47. The van der Waals surface area contributed by atoms with Crippen LogP contribution in [-0.4, -0.2) is 32.4 Å². The molecule has 1 atom stereocenters.